The molecule has 1 aromatic carbocycles. The van der Waals surface area contributed by atoms with E-state index in [1.807, 2.05) is 17.0 Å². The fourth-order valence-electron chi connectivity index (χ4n) is 4.39. The average Bonchev–Trinajstić information content (AvgIpc) is 3.00. The van der Waals surface area contributed by atoms with E-state index in [2.05, 4.69) is 24.0 Å². The van der Waals surface area contributed by atoms with Gasteiger partial charge in [-0.1, -0.05) is 37.1 Å². The van der Waals surface area contributed by atoms with Crippen LogP contribution in [0.5, 0.6) is 0 Å². The molecule has 2 N–H and O–H groups in total. The summed E-state index contributed by atoms with van der Waals surface area (Å²) in [4.78, 5) is 16.8. The molecule has 0 aromatic heterocycles. The minimum absolute atomic E-state index is 0. The van der Waals surface area contributed by atoms with E-state index >= 15 is 0 Å². The molecule has 2 fully saturated rings. The highest BCUT2D eigenvalue weighted by atomic mass is 35.5. The average molecular weight is 400 g/mol. The van der Waals surface area contributed by atoms with Gasteiger partial charge in [0.05, 0.1) is 0 Å². The van der Waals surface area contributed by atoms with Crippen LogP contribution in [0.2, 0.25) is 5.02 Å². The van der Waals surface area contributed by atoms with Gasteiger partial charge < -0.3 is 15.5 Å². The van der Waals surface area contributed by atoms with Crippen molar-refractivity contribution in [2.45, 2.75) is 56.9 Å². The molecule has 26 heavy (non-hydrogen) atoms. The van der Waals surface area contributed by atoms with Crippen molar-refractivity contribution >= 4 is 30.0 Å². The predicted octanol–water partition coefficient (Wildman–Crippen LogP) is 4.44. The Hall–Kier alpha value is -0.970. The smallest absolute Gasteiger partial charge is 0.320 e. The summed E-state index contributed by atoms with van der Waals surface area (Å²) >= 11 is 6.19. The van der Waals surface area contributed by atoms with Crippen molar-refractivity contribution in [1.29, 1.82) is 0 Å². The summed E-state index contributed by atoms with van der Waals surface area (Å²) in [6, 6.07) is 8.72. The highest BCUT2D eigenvalue weighted by Gasteiger charge is 2.40. The number of amides is 2. The summed E-state index contributed by atoms with van der Waals surface area (Å²) in [5.41, 5.74) is 7.45. The van der Waals surface area contributed by atoms with E-state index in [0.717, 1.165) is 63.2 Å². The highest BCUT2D eigenvalue weighted by molar-refractivity contribution is 6.30. The number of hydrogen-bond acceptors (Lipinski definition) is 2. The Morgan fingerprint density at radius 3 is 2.62 bits per heavy atom. The van der Waals surface area contributed by atoms with E-state index in [0.29, 0.717) is 12.6 Å². The van der Waals surface area contributed by atoms with Crippen molar-refractivity contribution < 1.29 is 4.79 Å². The van der Waals surface area contributed by atoms with Gasteiger partial charge in [0, 0.05) is 42.7 Å². The number of carbonyl (C=O) groups is 1. The van der Waals surface area contributed by atoms with Crippen LogP contribution in [0.3, 0.4) is 0 Å². The van der Waals surface area contributed by atoms with Crippen LogP contribution in [0, 0.1) is 0 Å². The quantitative estimate of drug-likeness (QED) is 0.768. The Morgan fingerprint density at radius 1 is 1.27 bits per heavy atom. The summed E-state index contributed by atoms with van der Waals surface area (Å²) in [6.45, 7) is 5.46. The lowest BCUT2D eigenvalue weighted by Crippen LogP contribution is -2.46. The van der Waals surface area contributed by atoms with Gasteiger partial charge in [-0.2, -0.15) is 0 Å². The van der Waals surface area contributed by atoms with Gasteiger partial charge in [-0.15, -0.1) is 12.4 Å². The molecule has 1 saturated carbocycles. The maximum Gasteiger partial charge on any atom is 0.320 e. The summed E-state index contributed by atoms with van der Waals surface area (Å²) in [7, 11) is 0. The molecule has 2 aliphatic rings. The molecule has 146 valence electrons. The third-order valence-corrected chi connectivity index (χ3v) is 6.32. The van der Waals surface area contributed by atoms with E-state index in [1.165, 1.54) is 5.56 Å². The number of benzene rings is 1. The minimum atomic E-state index is 0. The van der Waals surface area contributed by atoms with Gasteiger partial charge in [0.25, 0.3) is 0 Å². The van der Waals surface area contributed by atoms with E-state index in [1.54, 1.807) is 0 Å². The van der Waals surface area contributed by atoms with Crippen LogP contribution in [0.15, 0.2) is 24.3 Å². The van der Waals surface area contributed by atoms with Gasteiger partial charge in [-0.25, -0.2) is 4.79 Å². The standard InChI is InChI=1S/C20H30ClN3O.ClH/c1-2-3-11-23-12-13-24(19(23)25)18-7-9-20(15-22,10-8-18)16-5-4-6-17(21)14-16;/h4-6,14,18H,2-3,7-13,15,22H2,1H3;1H. The SMILES string of the molecule is CCCCN1CCN(C2CCC(CN)(c3cccc(Cl)c3)CC2)C1=O.Cl. The Balaban J connectivity index is 0.00000243. The zero-order valence-corrected chi connectivity index (χ0v) is 17.2. The summed E-state index contributed by atoms with van der Waals surface area (Å²) in [5.74, 6) is 0. The summed E-state index contributed by atoms with van der Waals surface area (Å²) in [6.07, 6.45) is 6.32. The van der Waals surface area contributed by atoms with Crippen molar-refractivity contribution in [3.63, 3.8) is 0 Å². The lowest BCUT2D eigenvalue weighted by molar-refractivity contribution is 0.144. The molecular formula is C20H31Cl2N3O. The largest absolute Gasteiger partial charge is 0.330 e. The first-order valence-corrected chi connectivity index (χ1v) is 9.99. The zero-order chi connectivity index (χ0) is 17.9. The molecular weight excluding hydrogens is 369 g/mol. The first kappa shape index (κ1) is 21.3. The number of carbonyl (C=O) groups excluding carboxylic acids is 1. The van der Waals surface area contributed by atoms with Crippen LogP contribution in [0.1, 0.15) is 51.0 Å². The third-order valence-electron chi connectivity index (χ3n) is 6.09. The maximum absolute atomic E-state index is 12.7. The molecule has 4 nitrogen and oxygen atoms in total. The molecule has 3 rings (SSSR count). The predicted molar refractivity (Wildman–Crippen MR) is 110 cm³/mol. The van der Waals surface area contributed by atoms with Crippen LogP contribution in [0.4, 0.5) is 4.79 Å². The zero-order valence-electron chi connectivity index (χ0n) is 15.6. The van der Waals surface area contributed by atoms with E-state index in [4.69, 9.17) is 17.3 Å². The monoisotopic (exact) mass is 399 g/mol. The van der Waals surface area contributed by atoms with Crippen LogP contribution >= 0.6 is 24.0 Å². The summed E-state index contributed by atoms with van der Waals surface area (Å²) < 4.78 is 0. The number of nitrogens with zero attached hydrogens (tertiary/aromatic N) is 2. The van der Waals surface area contributed by atoms with E-state index in [9.17, 15) is 4.79 Å². The molecule has 6 heteroatoms. The first-order chi connectivity index (χ1) is 12.1. The molecule has 1 heterocycles. The lowest BCUT2D eigenvalue weighted by atomic mass is 9.68. The number of urea groups is 1. The minimum Gasteiger partial charge on any atom is -0.330 e. The maximum atomic E-state index is 12.7. The molecule has 1 saturated heterocycles. The fraction of sp³-hybridized carbons (Fsp3) is 0.650. The van der Waals surface area contributed by atoms with Gasteiger partial charge >= 0.3 is 6.03 Å². The third kappa shape index (κ3) is 4.29. The molecule has 2 amide bonds. The molecule has 0 atom stereocenters. The number of hydrogen-bond donors (Lipinski definition) is 1. The highest BCUT2D eigenvalue weighted by Crippen LogP contribution is 2.41. The van der Waals surface area contributed by atoms with Crippen molar-refractivity contribution in [3.8, 4) is 0 Å². The molecule has 0 spiro atoms. The van der Waals surface area contributed by atoms with Gasteiger partial charge in [0.2, 0.25) is 0 Å². The van der Waals surface area contributed by atoms with Crippen LogP contribution in [-0.2, 0) is 5.41 Å². The topological polar surface area (TPSA) is 49.6 Å². The van der Waals surface area contributed by atoms with Gasteiger partial charge in [0.1, 0.15) is 0 Å². The lowest BCUT2D eigenvalue weighted by Gasteiger charge is -2.42. The number of halogens is 2. The Labute approximate surface area is 168 Å². The Bertz CT molecular complexity index is 602. The van der Waals surface area contributed by atoms with Crippen molar-refractivity contribution in [3.05, 3.63) is 34.9 Å². The number of unbranched alkanes of at least 4 members (excludes halogenated alkanes) is 1. The number of nitrogens with two attached hydrogens (primary N) is 1. The van der Waals surface area contributed by atoms with E-state index in [-0.39, 0.29) is 23.9 Å². The Morgan fingerprint density at radius 2 is 2.00 bits per heavy atom. The molecule has 1 aromatic rings. The second-order valence-corrected chi connectivity index (χ2v) is 7.98. The van der Waals surface area contributed by atoms with Crippen LogP contribution in [-0.4, -0.2) is 48.1 Å². The van der Waals surface area contributed by atoms with Gasteiger partial charge in [-0.3, -0.25) is 0 Å². The van der Waals surface area contributed by atoms with Crippen LogP contribution in [0.25, 0.3) is 0 Å². The van der Waals surface area contributed by atoms with Crippen molar-refractivity contribution in [2.75, 3.05) is 26.2 Å². The fourth-order valence-corrected chi connectivity index (χ4v) is 4.58. The van der Waals surface area contributed by atoms with E-state index < -0.39 is 0 Å². The molecule has 1 aliphatic carbocycles. The van der Waals surface area contributed by atoms with Crippen LogP contribution < -0.4 is 5.73 Å². The van der Waals surface area contributed by atoms with Gasteiger partial charge in [0.15, 0.2) is 0 Å². The normalized spacial score (nSPS) is 26.1. The summed E-state index contributed by atoms with van der Waals surface area (Å²) in [5, 5.41) is 0.772. The Kier molecular flexibility index (Phi) is 7.63. The molecule has 1 aliphatic heterocycles. The molecule has 0 unspecified atom stereocenters. The van der Waals surface area contributed by atoms with Crippen molar-refractivity contribution in [2.24, 2.45) is 5.73 Å². The van der Waals surface area contributed by atoms with Crippen molar-refractivity contribution in [1.82, 2.24) is 9.80 Å². The number of rotatable bonds is 6. The van der Waals surface area contributed by atoms with Gasteiger partial charge in [-0.05, 0) is 49.8 Å². The second kappa shape index (κ2) is 9.29. The molecule has 0 bridgehead atoms. The second-order valence-electron chi connectivity index (χ2n) is 7.54. The first-order valence-electron chi connectivity index (χ1n) is 9.61. The molecule has 0 radical (unpaired) electrons.